The molecule has 1 unspecified atom stereocenters. The predicted molar refractivity (Wildman–Crippen MR) is 36.0 cm³/mol. The molecule has 0 aromatic heterocycles. The Bertz CT molecular complexity index is 265. The highest BCUT2D eigenvalue weighted by Gasteiger charge is 2.74. The molecule has 1 fully saturated rings. The molecular formula is C5H7O6P. The maximum absolute atomic E-state index is 10.9. The van der Waals surface area contributed by atoms with Crippen LogP contribution in [0.1, 0.15) is 0 Å². The summed E-state index contributed by atoms with van der Waals surface area (Å²) in [5.74, 6) is 0. The average Bonchev–Trinajstić information content (AvgIpc) is 2.55. The van der Waals surface area contributed by atoms with Crippen molar-refractivity contribution in [3.05, 3.63) is 0 Å². The summed E-state index contributed by atoms with van der Waals surface area (Å²) >= 11 is 0. The lowest BCUT2D eigenvalue weighted by Crippen LogP contribution is -2.54. The van der Waals surface area contributed by atoms with Crippen LogP contribution in [0.15, 0.2) is 0 Å². The first-order valence-electron chi connectivity index (χ1n) is 3.27. The summed E-state index contributed by atoms with van der Waals surface area (Å²) in [7, 11) is -2.18. The van der Waals surface area contributed by atoms with Crippen LogP contribution in [-0.2, 0) is 4.74 Å². The van der Waals surface area contributed by atoms with E-state index in [1.165, 1.54) is 0 Å². The highest BCUT2D eigenvalue weighted by Crippen LogP contribution is 2.56. The van der Waals surface area contributed by atoms with Gasteiger partial charge in [-0.05, 0) is 0 Å². The van der Waals surface area contributed by atoms with Crippen molar-refractivity contribution in [2.45, 2.75) is 23.8 Å². The van der Waals surface area contributed by atoms with Crippen LogP contribution < -0.4 is 4.89 Å². The number of hydrogen-bond acceptors (Lipinski definition) is 6. The van der Waals surface area contributed by atoms with E-state index in [9.17, 15) is 10.00 Å². The van der Waals surface area contributed by atoms with Crippen molar-refractivity contribution in [1.29, 1.82) is 0 Å². The van der Waals surface area contributed by atoms with Gasteiger partial charge in [-0.15, -0.1) is 0 Å². The molecule has 12 heavy (non-hydrogen) atoms. The molecule has 0 spiro atoms. The zero-order chi connectivity index (χ0) is 9.09. The molecule has 68 valence electrons. The topological polar surface area (TPSA) is 113 Å². The van der Waals surface area contributed by atoms with Crippen molar-refractivity contribution >= 4 is 13.3 Å². The lowest BCUT2D eigenvalue weighted by Gasteiger charge is -2.26. The molecule has 6 nitrogen and oxygen atoms in total. The van der Waals surface area contributed by atoms with E-state index < -0.39 is 31.6 Å². The van der Waals surface area contributed by atoms with Gasteiger partial charge in [-0.1, -0.05) is 0 Å². The third-order valence-electron chi connectivity index (χ3n) is 2.02. The van der Waals surface area contributed by atoms with Gasteiger partial charge < -0.3 is 25.3 Å². The SMILES string of the molecule is [O-][P+]1=C2O[C@@H](O)[C@H](O)[C@H](O)[C@]21O. The molecule has 0 aromatic carbocycles. The monoisotopic (exact) mass is 194 g/mol. The zero-order valence-electron chi connectivity index (χ0n) is 5.78. The van der Waals surface area contributed by atoms with Gasteiger partial charge in [0.1, 0.15) is 13.9 Å². The smallest absolute Gasteiger partial charge is 0.337 e. The molecule has 7 heteroatoms. The van der Waals surface area contributed by atoms with Crippen molar-refractivity contribution in [3.8, 4) is 0 Å². The Hall–Kier alpha value is -0.0700. The number of ether oxygens (including phenoxy) is 1. The molecule has 0 aromatic rings. The first kappa shape index (κ1) is 8.52. The summed E-state index contributed by atoms with van der Waals surface area (Å²) in [5, 5.41) is 34.4. The minimum atomic E-state index is -2.18. The average molecular weight is 194 g/mol. The Kier molecular flexibility index (Phi) is 1.59. The van der Waals surface area contributed by atoms with Crippen LogP contribution in [0.4, 0.5) is 0 Å². The van der Waals surface area contributed by atoms with E-state index in [4.69, 9.17) is 15.3 Å². The normalized spacial score (nSPS) is 55.2. The van der Waals surface area contributed by atoms with Crippen LogP contribution >= 0.6 is 7.77 Å². The Morgan fingerprint density at radius 2 is 2.00 bits per heavy atom. The van der Waals surface area contributed by atoms with Gasteiger partial charge in [-0.3, -0.25) is 4.74 Å². The summed E-state index contributed by atoms with van der Waals surface area (Å²) < 4.78 is 4.49. The molecular weight excluding hydrogens is 187 g/mol. The first-order valence-corrected chi connectivity index (χ1v) is 4.53. The Balaban J connectivity index is 2.26. The van der Waals surface area contributed by atoms with Crippen LogP contribution in [0, 0.1) is 0 Å². The molecule has 0 saturated carbocycles. The van der Waals surface area contributed by atoms with Gasteiger partial charge in [0, 0.05) is 0 Å². The molecule has 2 aliphatic heterocycles. The maximum atomic E-state index is 10.9. The van der Waals surface area contributed by atoms with Crippen molar-refractivity contribution in [1.82, 2.24) is 0 Å². The number of fused-ring (bicyclic) bond motifs is 1. The van der Waals surface area contributed by atoms with Gasteiger partial charge in [-0.25, -0.2) is 0 Å². The summed E-state index contributed by atoms with van der Waals surface area (Å²) in [6, 6.07) is 0. The fourth-order valence-corrected chi connectivity index (χ4v) is 2.50. The van der Waals surface area contributed by atoms with Crippen molar-refractivity contribution in [2.75, 3.05) is 0 Å². The number of aliphatic hydroxyl groups is 4. The largest absolute Gasteiger partial charge is 0.626 e. The van der Waals surface area contributed by atoms with E-state index in [0.717, 1.165) is 0 Å². The van der Waals surface area contributed by atoms with Gasteiger partial charge in [-0.2, -0.15) is 0 Å². The van der Waals surface area contributed by atoms with Crippen molar-refractivity contribution in [3.63, 3.8) is 0 Å². The minimum Gasteiger partial charge on any atom is -0.626 e. The van der Waals surface area contributed by atoms with Gasteiger partial charge >= 0.3 is 10.8 Å². The van der Waals surface area contributed by atoms with Crippen LogP contribution in [-0.4, -0.2) is 49.7 Å². The van der Waals surface area contributed by atoms with Crippen molar-refractivity contribution in [2.24, 2.45) is 0 Å². The predicted octanol–water partition coefficient (Wildman–Crippen LogP) is -3.35. The highest BCUT2D eigenvalue weighted by molar-refractivity contribution is 7.65. The molecule has 2 heterocycles. The van der Waals surface area contributed by atoms with E-state index >= 15 is 0 Å². The lowest BCUT2D eigenvalue weighted by atomic mass is 10.1. The first-order chi connectivity index (χ1) is 5.49. The number of hydrogen-bond donors (Lipinski definition) is 4. The minimum absolute atomic E-state index is 0.234. The third-order valence-corrected chi connectivity index (χ3v) is 3.70. The molecule has 2 rings (SSSR count). The van der Waals surface area contributed by atoms with E-state index in [1.54, 1.807) is 0 Å². The van der Waals surface area contributed by atoms with Crippen LogP contribution in [0.25, 0.3) is 0 Å². The lowest BCUT2D eigenvalue weighted by molar-refractivity contribution is -0.199. The third kappa shape index (κ3) is 0.777. The Labute approximate surface area is 68.1 Å². The Morgan fingerprint density at radius 1 is 1.42 bits per heavy atom. The second-order valence-corrected chi connectivity index (χ2v) is 4.45. The molecule has 0 aliphatic carbocycles. The summed E-state index contributed by atoms with van der Waals surface area (Å²) in [6.45, 7) is 0. The summed E-state index contributed by atoms with van der Waals surface area (Å²) in [5.41, 5.74) is -0.234. The van der Waals surface area contributed by atoms with Crippen LogP contribution in [0.5, 0.6) is 0 Å². The molecule has 0 bridgehead atoms. The quantitative estimate of drug-likeness (QED) is 0.299. The fourth-order valence-electron chi connectivity index (χ4n) is 1.17. The molecule has 5 atom stereocenters. The van der Waals surface area contributed by atoms with Gasteiger partial charge in [0.25, 0.3) is 0 Å². The van der Waals surface area contributed by atoms with Gasteiger partial charge in [0.05, 0.1) is 0 Å². The van der Waals surface area contributed by atoms with Crippen molar-refractivity contribution < 1.29 is 30.1 Å². The van der Waals surface area contributed by atoms with E-state index in [0.29, 0.717) is 0 Å². The van der Waals surface area contributed by atoms with E-state index in [2.05, 4.69) is 4.74 Å². The van der Waals surface area contributed by atoms with Gasteiger partial charge in [0.2, 0.25) is 0 Å². The highest BCUT2D eigenvalue weighted by atomic mass is 31.1. The molecule has 0 radical (unpaired) electrons. The Morgan fingerprint density at radius 3 is 2.58 bits per heavy atom. The van der Waals surface area contributed by atoms with Crippen LogP contribution in [0.3, 0.4) is 0 Å². The standard InChI is InChI=1S/C5H7O6P/c6-1-2(7)5(9)4(12(5)10)11-3(1)8/h1-3,6-9H/t1-,2+,3-,5-/m1/s1. The second kappa shape index (κ2) is 2.24. The fraction of sp³-hybridized carbons (Fsp3) is 0.800. The summed E-state index contributed by atoms with van der Waals surface area (Å²) in [4.78, 5) is 10.9. The molecule has 1 saturated heterocycles. The number of rotatable bonds is 0. The van der Waals surface area contributed by atoms with E-state index in [1.807, 2.05) is 0 Å². The second-order valence-electron chi connectivity index (χ2n) is 2.77. The number of aliphatic hydroxyl groups excluding tert-OH is 3. The van der Waals surface area contributed by atoms with E-state index in [-0.39, 0.29) is 5.48 Å². The van der Waals surface area contributed by atoms with Gasteiger partial charge in [0.15, 0.2) is 12.4 Å². The maximum Gasteiger partial charge on any atom is 0.337 e. The zero-order valence-corrected chi connectivity index (χ0v) is 6.68. The molecule has 0 amide bonds. The molecule has 4 N–H and O–H groups in total. The molecule has 2 aliphatic rings. The summed E-state index contributed by atoms with van der Waals surface area (Å²) in [6.07, 6.45) is -4.88. The van der Waals surface area contributed by atoms with Crippen LogP contribution in [0.2, 0.25) is 0 Å².